The summed E-state index contributed by atoms with van der Waals surface area (Å²) in [5, 5.41) is 2.78. The maximum Gasteiger partial charge on any atom is 0.266 e. The lowest BCUT2D eigenvalue weighted by Gasteiger charge is -2.12. The molecule has 5 nitrogen and oxygen atoms in total. The van der Waals surface area contributed by atoms with Gasteiger partial charge in [-0.15, -0.1) is 0 Å². The number of carbonyl (C=O) groups excluding carboxylic acids is 1. The number of fused-ring (bicyclic) bond motifs is 1. The number of rotatable bonds is 3. The maximum atomic E-state index is 13.4. The SMILES string of the molecule is Cc1nc2ccc(NC(=O)c3ccc(F)c(F)c3)cc2c(=O)n1-c1ccc(F)cc1. The van der Waals surface area contributed by atoms with Crippen molar-refractivity contribution in [3.63, 3.8) is 0 Å². The topological polar surface area (TPSA) is 64.0 Å². The molecule has 0 aliphatic heterocycles. The summed E-state index contributed by atoms with van der Waals surface area (Å²) in [6, 6.07) is 12.8. The lowest BCUT2D eigenvalue weighted by molar-refractivity contribution is 0.102. The zero-order valence-corrected chi connectivity index (χ0v) is 15.6. The Labute approximate surface area is 168 Å². The van der Waals surface area contributed by atoms with E-state index in [9.17, 15) is 22.8 Å². The van der Waals surface area contributed by atoms with Crippen LogP contribution < -0.4 is 10.9 Å². The third-order valence-electron chi connectivity index (χ3n) is 4.56. The average molecular weight is 409 g/mol. The molecule has 1 aromatic heterocycles. The van der Waals surface area contributed by atoms with Crippen LogP contribution in [0.5, 0.6) is 0 Å². The molecule has 3 aromatic carbocycles. The van der Waals surface area contributed by atoms with E-state index in [2.05, 4.69) is 10.3 Å². The van der Waals surface area contributed by atoms with Crippen LogP contribution in [-0.2, 0) is 0 Å². The molecule has 1 amide bonds. The van der Waals surface area contributed by atoms with Crippen molar-refractivity contribution in [1.29, 1.82) is 0 Å². The van der Waals surface area contributed by atoms with Crippen LogP contribution in [0.25, 0.3) is 16.6 Å². The molecule has 0 atom stereocenters. The van der Waals surface area contributed by atoms with E-state index < -0.39 is 28.9 Å². The highest BCUT2D eigenvalue weighted by atomic mass is 19.2. The van der Waals surface area contributed by atoms with E-state index in [1.165, 1.54) is 34.9 Å². The molecular weight excluding hydrogens is 395 g/mol. The minimum Gasteiger partial charge on any atom is -0.322 e. The first-order chi connectivity index (χ1) is 14.3. The summed E-state index contributed by atoms with van der Waals surface area (Å²) in [7, 11) is 0. The number of halogens is 3. The molecule has 0 aliphatic rings. The molecule has 0 saturated heterocycles. The van der Waals surface area contributed by atoms with Crippen LogP contribution in [0.15, 0.2) is 65.5 Å². The molecule has 0 radical (unpaired) electrons. The lowest BCUT2D eigenvalue weighted by atomic mass is 10.1. The Balaban J connectivity index is 1.74. The quantitative estimate of drug-likeness (QED) is 0.547. The normalized spacial score (nSPS) is 10.9. The van der Waals surface area contributed by atoms with E-state index in [4.69, 9.17) is 0 Å². The minimum absolute atomic E-state index is 0.0697. The van der Waals surface area contributed by atoms with E-state index in [0.29, 0.717) is 17.0 Å². The van der Waals surface area contributed by atoms with Crippen molar-refractivity contribution in [3.8, 4) is 5.69 Å². The minimum atomic E-state index is -1.14. The second-order valence-electron chi connectivity index (χ2n) is 6.59. The largest absolute Gasteiger partial charge is 0.322 e. The van der Waals surface area contributed by atoms with E-state index in [1.807, 2.05) is 0 Å². The summed E-state index contributed by atoms with van der Waals surface area (Å²) in [4.78, 5) is 29.8. The van der Waals surface area contributed by atoms with Crippen molar-refractivity contribution >= 4 is 22.5 Å². The standard InChI is InChI=1S/C22H14F3N3O2/c1-12-26-20-9-5-15(27-21(29)13-2-8-18(24)19(25)10-13)11-17(20)22(30)28(12)16-6-3-14(23)4-7-16/h2-11H,1H3,(H,27,29). The van der Waals surface area contributed by atoms with Gasteiger partial charge in [0, 0.05) is 11.3 Å². The number of benzene rings is 3. The van der Waals surface area contributed by atoms with Crippen LogP contribution in [0.3, 0.4) is 0 Å². The first-order valence-corrected chi connectivity index (χ1v) is 8.89. The first kappa shape index (κ1) is 19.4. The third kappa shape index (κ3) is 3.55. The van der Waals surface area contributed by atoms with Gasteiger partial charge in [0.1, 0.15) is 11.6 Å². The number of aromatic nitrogens is 2. The van der Waals surface area contributed by atoms with Crippen molar-refractivity contribution in [2.75, 3.05) is 5.32 Å². The highest BCUT2D eigenvalue weighted by molar-refractivity contribution is 6.05. The van der Waals surface area contributed by atoms with Crippen LogP contribution in [0.4, 0.5) is 18.9 Å². The van der Waals surface area contributed by atoms with Gasteiger partial charge >= 0.3 is 0 Å². The summed E-state index contributed by atoms with van der Waals surface area (Å²) < 4.78 is 41.0. The second-order valence-corrected chi connectivity index (χ2v) is 6.59. The third-order valence-corrected chi connectivity index (χ3v) is 4.56. The van der Waals surface area contributed by atoms with E-state index in [0.717, 1.165) is 18.2 Å². The second kappa shape index (κ2) is 7.47. The van der Waals surface area contributed by atoms with Crippen LogP contribution in [0.1, 0.15) is 16.2 Å². The number of anilines is 1. The summed E-state index contributed by atoms with van der Waals surface area (Å²) in [5.74, 6) is -2.87. The number of hydrogen-bond donors (Lipinski definition) is 1. The van der Waals surface area contributed by atoms with Crippen LogP contribution in [0.2, 0.25) is 0 Å². The summed E-state index contributed by atoms with van der Waals surface area (Å²) in [6.45, 7) is 1.66. The van der Waals surface area contributed by atoms with Gasteiger partial charge in [0.05, 0.1) is 16.6 Å². The molecule has 0 spiro atoms. The molecule has 0 saturated carbocycles. The summed E-state index contributed by atoms with van der Waals surface area (Å²) in [5.41, 5.74) is 0.685. The van der Waals surface area contributed by atoms with Crippen molar-refractivity contribution in [3.05, 3.63) is 99.9 Å². The highest BCUT2D eigenvalue weighted by Gasteiger charge is 2.13. The molecule has 0 aliphatic carbocycles. The van der Waals surface area contributed by atoms with Crippen molar-refractivity contribution in [2.45, 2.75) is 6.92 Å². The van der Waals surface area contributed by atoms with Crippen LogP contribution in [0, 0.1) is 24.4 Å². The average Bonchev–Trinajstić information content (AvgIpc) is 2.72. The summed E-state index contributed by atoms with van der Waals surface area (Å²) >= 11 is 0. The number of hydrogen-bond acceptors (Lipinski definition) is 3. The van der Waals surface area contributed by atoms with E-state index in [1.54, 1.807) is 19.1 Å². The van der Waals surface area contributed by atoms with Crippen LogP contribution in [-0.4, -0.2) is 15.5 Å². The van der Waals surface area contributed by atoms with Gasteiger partial charge in [-0.2, -0.15) is 0 Å². The molecule has 30 heavy (non-hydrogen) atoms. The number of aryl methyl sites for hydroxylation is 1. The van der Waals surface area contributed by atoms with Gasteiger partial charge in [-0.1, -0.05) is 0 Å². The molecule has 0 unspecified atom stereocenters. The predicted molar refractivity (Wildman–Crippen MR) is 106 cm³/mol. The fourth-order valence-electron chi connectivity index (χ4n) is 3.11. The Morgan fingerprint density at radius 2 is 1.67 bits per heavy atom. The Hall–Kier alpha value is -3.94. The number of carbonyl (C=O) groups is 1. The zero-order valence-electron chi connectivity index (χ0n) is 15.6. The Morgan fingerprint density at radius 1 is 0.933 bits per heavy atom. The van der Waals surface area contributed by atoms with Crippen molar-refractivity contribution < 1.29 is 18.0 Å². The molecule has 0 fully saturated rings. The first-order valence-electron chi connectivity index (χ1n) is 8.89. The summed E-state index contributed by atoms with van der Waals surface area (Å²) in [6.07, 6.45) is 0. The van der Waals surface area contributed by atoms with Gasteiger partial charge in [0.15, 0.2) is 11.6 Å². The smallest absolute Gasteiger partial charge is 0.266 e. The molecular formula is C22H14F3N3O2. The van der Waals surface area contributed by atoms with E-state index >= 15 is 0 Å². The Kier molecular flexibility index (Phi) is 4.83. The zero-order chi connectivity index (χ0) is 21.4. The van der Waals surface area contributed by atoms with Gasteiger partial charge in [-0.3, -0.25) is 14.2 Å². The van der Waals surface area contributed by atoms with Gasteiger partial charge in [-0.05, 0) is 67.6 Å². The fourth-order valence-corrected chi connectivity index (χ4v) is 3.11. The Morgan fingerprint density at radius 3 is 2.37 bits per heavy atom. The number of nitrogens with one attached hydrogen (secondary N) is 1. The Bertz CT molecular complexity index is 1350. The van der Waals surface area contributed by atoms with Gasteiger partial charge in [0.2, 0.25) is 0 Å². The van der Waals surface area contributed by atoms with Gasteiger partial charge in [-0.25, -0.2) is 18.2 Å². The lowest BCUT2D eigenvalue weighted by Crippen LogP contribution is -2.22. The molecule has 4 rings (SSSR count). The highest BCUT2D eigenvalue weighted by Crippen LogP contribution is 2.19. The monoisotopic (exact) mass is 409 g/mol. The van der Waals surface area contributed by atoms with Gasteiger partial charge < -0.3 is 5.32 Å². The number of amides is 1. The molecule has 0 bridgehead atoms. The molecule has 1 heterocycles. The molecule has 8 heteroatoms. The maximum absolute atomic E-state index is 13.4. The van der Waals surface area contributed by atoms with Crippen LogP contribution >= 0.6 is 0 Å². The van der Waals surface area contributed by atoms with Gasteiger partial charge in [0.25, 0.3) is 11.5 Å². The molecule has 4 aromatic rings. The molecule has 1 N–H and O–H groups in total. The van der Waals surface area contributed by atoms with Crippen molar-refractivity contribution in [2.24, 2.45) is 0 Å². The predicted octanol–water partition coefficient (Wildman–Crippen LogP) is 4.36. The van der Waals surface area contributed by atoms with Crippen molar-refractivity contribution in [1.82, 2.24) is 9.55 Å². The molecule has 150 valence electrons. The fraction of sp³-hybridized carbons (Fsp3) is 0.0455. The number of nitrogens with zero attached hydrogens (tertiary/aromatic N) is 2. The van der Waals surface area contributed by atoms with E-state index in [-0.39, 0.29) is 16.6 Å².